The predicted octanol–water partition coefficient (Wildman–Crippen LogP) is 7.30. The highest BCUT2D eigenvalue weighted by Gasteiger charge is 2.52. The molecule has 6 rings (SSSR count). The van der Waals surface area contributed by atoms with E-state index in [0.29, 0.717) is 11.1 Å². The second kappa shape index (κ2) is 17.5. The monoisotopic (exact) mass is 920 g/mol. The van der Waals surface area contributed by atoms with Crippen molar-refractivity contribution in [1.82, 2.24) is 4.98 Å². The van der Waals surface area contributed by atoms with E-state index in [1.807, 2.05) is 0 Å². The molecule has 0 bridgehead atoms. The number of halogens is 20. The predicted molar refractivity (Wildman–Crippen MR) is 174 cm³/mol. The highest BCUT2D eigenvalue weighted by molar-refractivity contribution is 7.20. The van der Waals surface area contributed by atoms with Crippen molar-refractivity contribution in [3.05, 3.63) is 177 Å². The van der Waals surface area contributed by atoms with Crippen LogP contribution in [-0.4, -0.2) is 22.7 Å². The molecule has 6 aromatic rings. The van der Waals surface area contributed by atoms with Gasteiger partial charge in [0.1, 0.15) is 52.7 Å². The summed E-state index contributed by atoms with van der Waals surface area (Å²) >= 11 is 0. The van der Waals surface area contributed by atoms with Crippen molar-refractivity contribution in [1.29, 1.82) is 0 Å². The van der Waals surface area contributed by atoms with Gasteiger partial charge in [0, 0.05) is 11.1 Å². The lowest BCUT2D eigenvalue weighted by Crippen LogP contribution is -2.81. The Kier molecular flexibility index (Phi) is 13.1. The number of benzene rings is 5. The van der Waals surface area contributed by atoms with Crippen LogP contribution in [0.4, 0.5) is 87.8 Å². The standard InChI is InChI=1S/C24BF20.C14H13N2O2/c26-5-1(6(27)14(35)21(42)13(5)34)25(2-7(28)15(36)22(43)16(37)8(2)29,3-9(30)17(38)23(44)18(39)10(3)31)4-11(32)19(40)24(45)20(41)12(4)33;1-11(17)12-3-2-4-13(9-12)14(18)10-16-7-5-15-6-8-16/h;2-9H,10H2,1H3/q-1;+1. The van der Waals surface area contributed by atoms with Crippen molar-refractivity contribution in [2.75, 3.05) is 0 Å². The van der Waals surface area contributed by atoms with Crippen LogP contribution in [-0.2, 0) is 6.54 Å². The molecule has 4 nitrogen and oxygen atoms in total. The van der Waals surface area contributed by atoms with E-state index in [1.54, 1.807) is 53.6 Å². The summed E-state index contributed by atoms with van der Waals surface area (Å²) in [5, 5.41) is 0. The number of carbonyl (C=O) groups is 2. The van der Waals surface area contributed by atoms with Gasteiger partial charge in [-0.2, -0.15) is 4.57 Å². The number of aromatic nitrogens is 2. The van der Waals surface area contributed by atoms with E-state index in [0.717, 1.165) is 0 Å². The minimum absolute atomic E-state index is 0.0331. The molecule has 0 radical (unpaired) electrons. The molecule has 0 aliphatic carbocycles. The van der Waals surface area contributed by atoms with Crippen LogP contribution in [0.2, 0.25) is 0 Å². The Balaban J connectivity index is 0.000000345. The maximum Gasteiger partial charge on any atom is 0.227 e. The Morgan fingerprint density at radius 2 is 0.683 bits per heavy atom. The van der Waals surface area contributed by atoms with Gasteiger partial charge >= 0.3 is 0 Å². The van der Waals surface area contributed by atoms with Crippen LogP contribution in [0.5, 0.6) is 0 Å². The smallest absolute Gasteiger partial charge is 0.227 e. The van der Waals surface area contributed by atoms with Crippen LogP contribution in [0.15, 0.2) is 49.1 Å². The third-order valence-electron chi connectivity index (χ3n) is 9.31. The molecular formula is C38H13BF20N2O2. The zero-order chi connectivity index (χ0) is 47.3. The fourth-order valence-electron chi connectivity index (χ4n) is 6.50. The molecule has 1 aromatic heterocycles. The largest absolute Gasteiger partial charge is 0.295 e. The van der Waals surface area contributed by atoms with Gasteiger partial charge in [0.15, 0.2) is 88.0 Å². The Bertz CT molecular complexity index is 2500. The van der Waals surface area contributed by atoms with E-state index < -0.39 is 144 Å². The first-order valence-electron chi connectivity index (χ1n) is 16.5. The summed E-state index contributed by atoms with van der Waals surface area (Å²) in [4.78, 5) is 27.2. The summed E-state index contributed by atoms with van der Waals surface area (Å²) in [6.07, 6.45) is -0.511. The molecule has 63 heavy (non-hydrogen) atoms. The molecule has 0 unspecified atom stereocenters. The summed E-state index contributed by atoms with van der Waals surface area (Å²) in [5.74, 6) is -71.5. The van der Waals surface area contributed by atoms with Crippen molar-refractivity contribution < 1.29 is 102 Å². The molecule has 330 valence electrons. The van der Waals surface area contributed by atoms with Gasteiger partial charge in [0.05, 0.1) is 12.4 Å². The van der Waals surface area contributed by atoms with Crippen LogP contribution in [0.1, 0.15) is 27.6 Å². The summed E-state index contributed by atoms with van der Waals surface area (Å²) < 4.78 is 296. The van der Waals surface area contributed by atoms with Crippen molar-refractivity contribution in [2.45, 2.75) is 13.5 Å². The molecular weight excluding hydrogens is 907 g/mol. The average Bonchev–Trinajstić information content (AvgIpc) is 3.26. The lowest BCUT2D eigenvalue weighted by molar-refractivity contribution is -0.683. The van der Waals surface area contributed by atoms with E-state index in [2.05, 4.69) is 4.98 Å². The van der Waals surface area contributed by atoms with Crippen molar-refractivity contribution in [2.24, 2.45) is 0 Å². The first kappa shape index (κ1) is 47.2. The first-order valence-corrected chi connectivity index (χ1v) is 16.5. The minimum atomic E-state index is -7.22. The van der Waals surface area contributed by atoms with E-state index in [4.69, 9.17) is 0 Å². The Labute approximate surface area is 336 Å². The maximum atomic E-state index is 15.4. The third kappa shape index (κ3) is 7.61. The zero-order valence-electron chi connectivity index (χ0n) is 30.2. The summed E-state index contributed by atoms with van der Waals surface area (Å²) in [6.45, 7) is 1.73. The molecule has 0 aliphatic heterocycles. The van der Waals surface area contributed by atoms with Crippen molar-refractivity contribution in [3.8, 4) is 0 Å². The van der Waals surface area contributed by atoms with Crippen LogP contribution >= 0.6 is 0 Å². The highest BCUT2D eigenvalue weighted by Crippen LogP contribution is 2.30. The molecule has 0 saturated carbocycles. The van der Waals surface area contributed by atoms with E-state index >= 15 is 35.1 Å². The van der Waals surface area contributed by atoms with E-state index in [1.165, 1.54) is 6.92 Å². The van der Waals surface area contributed by atoms with Crippen LogP contribution in [0.3, 0.4) is 0 Å². The fraction of sp³-hybridized carbons (Fsp3) is 0.0526. The molecule has 25 heteroatoms. The fourth-order valence-corrected chi connectivity index (χ4v) is 6.50. The summed E-state index contributed by atoms with van der Waals surface area (Å²) in [7, 11) is 0. The highest BCUT2D eigenvalue weighted by atomic mass is 19.2. The molecule has 1 heterocycles. The second-order valence-corrected chi connectivity index (χ2v) is 12.8. The van der Waals surface area contributed by atoms with Gasteiger partial charge in [-0.15, -0.1) is 21.9 Å². The average molecular weight is 920 g/mol. The molecule has 0 saturated heterocycles. The topological polar surface area (TPSA) is 50.9 Å². The van der Waals surface area contributed by atoms with Crippen LogP contribution < -0.4 is 26.4 Å². The number of hydrogen-bond acceptors (Lipinski definition) is 3. The number of rotatable bonds is 8. The SMILES string of the molecule is CC(=O)c1cccc(C(=O)C[n+]2ccncc2)c1.Fc1c(F)c(F)c([B-](c2c(F)c(F)c(F)c(F)c2F)(c2c(F)c(F)c(F)c(F)c2F)c2c(F)c(F)c(F)c(F)c2F)c(F)c1F. The van der Waals surface area contributed by atoms with Gasteiger partial charge in [-0.25, -0.2) is 87.8 Å². The molecule has 0 N–H and O–H groups in total. The Hall–Kier alpha value is -6.82. The van der Waals surface area contributed by atoms with Gasteiger partial charge in [-0.3, -0.25) is 14.6 Å². The summed E-state index contributed by atoms with van der Waals surface area (Å²) in [5.41, 5.74) is -13.2. The molecule has 0 aliphatic rings. The van der Waals surface area contributed by atoms with Gasteiger partial charge in [0.25, 0.3) is 0 Å². The number of hydrogen-bond donors (Lipinski definition) is 0. The van der Waals surface area contributed by atoms with Gasteiger partial charge < -0.3 is 0 Å². The molecule has 0 atom stereocenters. The second-order valence-electron chi connectivity index (χ2n) is 12.8. The number of ketones is 2. The molecule has 0 amide bonds. The lowest BCUT2D eigenvalue weighted by Gasteiger charge is -2.44. The first-order chi connectivity index (χ1) is 29.4. The maximum absolute atomic E-state index is 15.4. The number of Topliss-reactive ketones (excluding diaryl/α,β-unsaturated/α-hetero) is 2. The van der Waals surface area contributed by atoms with Crippen molar-refractivity contribution >= 4 is 39.6 Å². The van der Waals surface area contributed by atoms with Crippen molar-refractivity contribution in [3.63, 3.8) is 0 Å². The lowest BCUT2D eigenvalue weighted by atomic mass is 9.12. The van der Waals surface area contributed by atoms with E-state index in [9.17, 15) is 62.3 Å². The van der Waals surface area contributed by atoms with E-state index in [-0.39, 0.29) is 18.1 Å². The third-order valence-corrected chi connectivity index (χ3v) is 9.31. The Morgan fingerprint density at radius 3 is 0.952 bits per heavy atom. The van der Waals surface area contributed by atoms with Crippen LogP contribution in [0.25, 0.3) is 0 Å². The number of nitrogens with zero attached hydrogens (tertiary/aromatic N) is 2. The zero-order valence-corrected chi connectivity index (χ0v) is 30.2. The normalized spacial score (nSPS) is 11.4. The quantitative estimate of drug-likeness (QED) is 0.0403. The molecule has 0 spiro atoms. The van der Waals surface area contributed by atoms with Gasteiger partial charge in [-0.1, -0.05) is 18.2 Å². The summed E-state index contributed by atoms with van der Waals surface area (Å²) in [6, 6.07) is 6.78. The molecule has 5 aromatic carbocycles. The molecule has 0 fully saturated rings. The van der Waals surface area contributed by atoms with Gasteiger partial charge in [-0.05, 0) is 13.0 Å². The Morgan fingerprint density at radius 1 is 0.429 bits per heavy atom. The van der Waals surface area contributed by atoms with Crippen LogP contribution in [0, 0.1) is 116 Å². The van der Waals surface area contributed by atoms with Gasteiger partial charge in [0.2, 0.25) is 12.3 Å². The number of carbonyl (C=O) groups excluding carboxylic acids is 2. The minimum Gasteiger partial charge on any atom is -0.295 e.